The topological polar surface area (TPSA) is 41.9 Å². The molecule has 126 valence electrons. The van der Waals surface area contributed by atoms with Crippen LogP contribution < -0.4 is 0 Å². The summed E-state index contributed by atoms with van der Waals surface area (Å²) in [5.41, 5.74) is 5.62. The van der Waals surface area contributed by atoms with Gasteiger partial charge in [0.15, 0.2) is 5.78 Å². The van der Waals surface area contributed by atoms with Crippen molar-refractivity contribution in [3.63, 3.8) is 0 Å². The van der Waals surface area contributed by atoms with Gasteiger partial charge in [-0.15, -0.1) is 0 Å². The molecule has 0 amide bonds. The van der Waals surface area contributed by atoms with E-state index in [9.17, 15) is 4.79 Å². The number of hydrogen-bond acceptors (Lipinski definition) is 4. The van der Waals surface area contributed by atoms with Gasteiger partial charge in [-0.3, -0.25) is 4.79 Å². The smallest absolute Gasteiger partial charge is 0.167 e. The van der Waals surface area contributed by atoms with E-state index in [1.54, 1.807) is 7.11 Å². The van der Waals surface area contributed by atoms with Crippen LogP contribution in [0, 0.1) is 5.41 Å². The van der Waals surface area contributed by atoms with Crippen molar-refractivity contribution in [1.29, 1.82) is 0 Å². The van der Waals surface area contributed by atoms with Gasteiger partial charge < -0.3 is 9.74 Å². The Balaban J connectivity index is 1.86. The molecule has 4 rings (SSSR count). The minimum atomic E-state index is 0.00690. The van der Waals surface area contributed by atoms with Crippen LogP contribution in [0.2, 0.25) is 0 Å². The summed E-state index contributed by atoms with van der Waals surface area (Å²) in [4.78, 5) is 20.4. The van der Waals surface area contributed by atoms with Gasteiger partial charge in [0.05, 0.1) is 17.3 Å². The fraction of sp³-hybridized carbons (Fsp3) is 0.500. The SMILES string of the molecule is CON=C1CC2c3ccccc3CCN2C2=C1C(=O)CC(C)(C)C2. The summed E-state index contributed by atoms with van der Waals surface area (Å²) in [5.74, 6) is 0.217. The number of nitrogens with zero attached hydrogens (tertiary/aromatic N) is 2. The standard InChI is InChI=1S/C20H24N2O2/c1-20(2)11-17-19(18(23)12-20)15(21-24-3)10-16-14-7-5-4-6-13(14)8-9-22(16)17/h4-7,16H,8-12H2,1-3H3. The number of allylic oxidation sites excluding steroid dienone is 2. The molecule has 0 radical (unpaired) electrons. The van der Waals surface area contributed by atoms with Gasteiger partial charge in [0.25, 0.3) is 0 Å². The zero-order valence-corrected chi connectivity index (χ0v) is 14.6. The number of fused-ring (bicyclic) bond motifs is 4. The van der Waals surface area contributed by atoms with Crippen molar-refractivity contribution in [3.05, 3.63) is 46.7 Å². The molecular formula is C20H24N2O2. The van der Waals surface area contributed by atoms with Crippen LogP contribution in [-0.2, 0) is 16.1 Å². The molecule has 0 N–H and O–H groups in total. The second-order valence-corrected chi connectivity index (χ2v) is 7.85. The molecule has 3 aliphatic rings. The van der Waals surface area contributed by atoms with Crippen LogP contribution in [0.3, 0.4) is 0 Å². The maximum Gasteiger partial charge on any atom is 0.167 e. The first-order chi connectivity index (χ1) is 11.5. The van der Waals surface area contributed by atoms with Crippen molar-refractivity contribution in [2.45, 2.75) is 45.6 Å². The van der Waals surface area contributed by atoms with E-state index in [0.29, 0.717) is 6.42 Å². The Hall–Kier alpha value is -2.10. The fourth-order valence-electron chi connectivity index (χ4n) is 4.53. The van der Waals surface area contributed by atoms with Crippen LogP contribution in [0.5, 0.6) is 0 Å². The highest BCUT2D eigenvalue weighted by Gasteiger charge is 2.44. The largest absolute Gasteiger partial charge is 0.399 e. The van der Waals surface area contributed by atoms with Gasteiger partial charge in [-0.25, -0.2) is 0 Å². The number of carbonyl (C=O) groups is 1. The van der Waals surface area contributed by atoms with Crippen molar-refractivity contribution in [2.24, 2.45) is 10.6 Å². The second kappa shape index (κ2) is 5.47. The summed E-state index contributed by atoms with van der Waals surface area (Å²) in [7, 11) is 1.56. The minimum absolute atomic E-state index is 0.00690. The Bertz CT molecular complexity index is 761. The monoisotopic (exact) mass is 324 g/mol. The summed E-state index contributed by atoms with van der Waals surface area (Å²) >= 11 is 0. The number of oxime groups is 1. The zero-order valence-electron chi connectivity index (χ0n) is 14.6. The van der Waals surface area contributed by atoms with E-state index in [0.717, 1.165) is 37.1 Å². The molecule has 2 heterocycles. The highest BCUT2D eigenvalue weighted by Crippen LogP contribution is 2.47. The fourth-order valence-corrected chi connectivity index (χ4v) is 4.53. The number of carbonyl (C=O) groups excluding carboxylic acids is 1. The lowest BCUT2D eigenvalue weighted by Crippen LogP contribution is -2.45. The van der Waals surface area contributed by atoms with E-state index in [1.807, 2.05) is 0 Å². The van der Waals surface area contributed by atoms with Crippen LogP contribution in [0.25, 0.3) is 0 Å². The summed E-state index contributed by atoms with van der Waals surface area (Å²) in [6, 6.07) is 8.93. The number of Topliss-reactive ketones (excluding diaryl/α,β-unsaturated/α-hetero) is 1. The molecule has 1 aromatic carbocycles. The normalized spacial score (nSPS) is 26.8. The van der Waals surface area contributed by atoms with Crippen LogP contribution in [0.4, 0.5) is 0 Å². The Morgan fingerprint density at radius 3 is 2.83 bits per heavy atom. The third kappa shape index (κ3) is 2.36. The second-order valence-electron chi connectivity index (χ2n) is 7.85. The molecule has 1 atom stereocenters. The zero-order chi connectivity index (χ0) is 16.9. The summed E-state index contributed by atoms with van der Waals surface area (Å²) < 4.78 is 0. The average Bonchev–Trinajstić information content (AvgIpc) is 2.53. The van der Waals surface area contributed by atoms with Gasteiger partial charge in [-0.05, 0) is 29.4 Å². The Kier molecular flexibility index (Phi) is 3.52. The molecule has 1 aliphatic carbocycles. The first kappa shape index (κ1) is 15.4. The van der Waals surface area contributed by atoms with Gasteiger partial charge in [0.1, 0.15) is 7.11 Å². The van der Waals surface area contributed by atoms with Crippen LogP contribution in [0.1, 0.15) is 50.3 Å². The first-order valence-corrected chi connectivity index (χ1v) is 8.71. The summed E-state index contributed by atoms with van der Waals surface area (Å²) in [5, 5.41) is 4.24. The van der Waals surface area contributed by atoms with E-state index in [1.165, 1.54) is 16.8 Å². The molecule has 0 saturated heterocycles. The third-order valence-electron chi connectivity index (χ3n) is 5.49. The van der Waals surface area contributed by atoms with Gasteiger partial charge in [0, 0.05) is 25.1 Å². The first-order valence-electron chi connectivity index (χ1n) is 8.71. The van der Waals surface area contributed by atoms with Crippen molar-refractivity contribution in [1.82, 2.24) is 4.90 Å². The molecule has 1 aromatic rings. The van der Waals surface area contributed by atoms with E-state index in [2.05, 4.69) is 48.2 Å². The number of rotatable bonds is 1. The number of ketones is 1. The van der Waals surface area contributed by atoms with E-state index >= 15 is 0 Å². The van der Waals surface area contributed by atoms with Gasteiger partial charge >= 0.3 is 0 Å². The van der Waals surface area contributed by atoms with E-state index < -0.39 is 0 Å². The molecule has 0 saturated carbocycles. The number of benzene rings is 1. The molecule has 0 spiro atoms. The van der Waals surface area contributed by atoms with Gasteiger partial charge in [-0.2, -0.15) is 0 Å². The third-order valence-corrected chi connectivity index (χ3v) is 5.49. The number of hydrogen-bond donors (Lipinski definition) is 0. The molecule has 4 heteroatoms. The van der Waals surface area contributed by atoms with Crippen molar-refractivity contribution in [3.8, 4) is 0 Å². The van der Waals surface area contributed by atoms with E-state index in [-0.39, 0.29) is 17.2 Å². The predicted octanol–water partition coefficient (Wildman–Crippen LogP) is 3.64. The summed E-state index contributed by atoms with van der Waals surface area (Å²) in [6.45, 7) is 5.34. The quantitative estimate of drug-likeness (QED) is 0.741. The van der Waals surface area contributed by atoms with E-state index in [4.69, 9.17) is 4.84 Å². The Morgan fingerprint density at radius 1 is 1.25 bits per heavy atom. The molecule has 24 heavy (non-hydrogen) atoms. The van der Waals surface area contributed by atoms with Gasteiger partial charge in [0.2, 0.25) is 0 Å². The molecule has 2 aliphatic heterocycles. The maximum absolute atomic E-state index is 12.8. The van der Waals surface area contributed by atoms with Crippen molar-refractivity contribution < 1.29 is 9.63 Å². The molecule has 1 unspecified atom stereocenters. The lowest BCUT2D eigenvalue weighted by molar-refractivity contribution is -0.118. The molecule has 0 aromatic heterocycles. The Morgan fingerprint density at radius 2 is 2.04 bits per heavy atom. The Labute approximate surface area is 143 Å². The highest BCUT2D eigenvalue weighted by atomic mass is 16.6. The van der Waals surface area contributed by atoms with Crippen molar-refractivity contribution >= 4 is 11.5 Å². The van der Waals surface area contributed by atoms with Gasteiger partial charge in [-0.1, -0.05) is 43.3 Å². The predicted molar refractivity (Wildman–Crippen MR) is 93.7 cm³/mol. The molecule has 0 bridgehead atoms. The summed E-state index contributed by atoms with van der Waals surface area (Å²) in [6.07, 6.45) is 3.30. The van der Waals surface area contributed by atoms with Crippen LogP contribution in [0.15, 0.2) is 40.7 Å². The lowest BCUT2D eigenvalue weighted by atomic mass is 9.71. The molecule has 0 fully saturated rings. The van der Waals surface area contributed by atoms with Crippen LogP contribution >= 0.6 is 0 Å². The highest BCUT2D eigenvalue weighted by molar-refractivity contribution is 6.24. The minimum Gasteiger partial charge on any atom is -0.399 e. The molecular weight excluding hydrogens is 300 g/mol. The van der Waals surface area contributed by atoms with Crippen LogP contribution in [-0.4, -0.2) is 30.0 Å². The van der Waals surface area contributed by atoms with Crippen molar-refractivity contribution in [2.75, 3.05) is 13.7 Å². The maximum atomic E-state index is 12.8. The lowest BCUT2D eigenvalue weighted by Gasteiger charge is -2.48. The average molecular weight is 324 g/mol. The molecule has 4 nitrogen and oxygen atoms in total.